The van der Waals surface area contributed by atoms with Crippen molar-refractivity contribution >= 4 is 11.7 Å². The number of urea groups is 1. The molecule has 2 rings (SSSR count). The molecule has 0 aliphatic carbocycles. The summed E-state index contributed by atoms with van der Waals surface area (Å²) in [4.78, 5) is 14.7. The number of aromatic nitrogens is 1. The third-order valence-electron chi connectivity index (χ3n) is 2.84. The number of nitriles is 1. The van der Waals surface area contributed by atoms with E-state index in [9.17, 15) is 4.79 Å². The van der Waals surface area contributed by atoms with Crippen LogP contribution in [0, 0.1) is 17.2 Å². The van der Waals surface area contributed by atoms with Gasteiger partial charge in [-0.2, -0.15) is 5.26 Å². The van der Waals surface area contributed by atoms with Gasteiger partial charge >= 0.3 is 6.03 Å². The van der Waals surface area contributed by atoms with Crippen molar-refractivity contribution in [3.8, 4) is 17.3 Å². The number of nitrogens with zero attached hydrogens (tertiary/aromatic N) is 1. The van der Waals surface area contributed by atoms with Crippen molar-refractivity contribution < 1.29 is 4.79 Å². The second-order valence-corrected chi connectivity index (χ2v) is 4.53. The lowest BCUT2D eigenvalue weighted by molar-refractivity contribution is 0.251. The fraction of sp³-hybridized carbons (Fsp3) is 0.200. The maximum atomic E-state index is 11.6. The van der Waals surface area contributed by atoms with Crippen LogP contribution in [0.15, 0.2) is 42.6 Å². The van der Waals surface area contributed by atoms with Crippen LogP contribution in [0.5, 0.6) is 0 Å². The minimum atomic E-state index is -0.306. The average Bonchev–Trinajstić information content (AvgIpc) is 2.99. The molecule has 1 heterocycles. The summed E-state index contributed by atoms with van der Waals surface area (Å²) in [5, 5.41) is 14.0. The molecule has 3 N–H and O–H groups in total. The van der Waals surface area contributed by atoms with E-state index in [1.807, 2.05) is 42.6 Å². The van der Waals surface area contributed by atoms with Gasteiger partial charge in [-0.05, 0) is 36.8 Å². The first-order valence-corrected chi connectivity index (χ1v) is 6.37. The molecule has 0 radical (unpaired) electrons. The number of hydrogen-bond donors (Lipinski definition) is 3. The molecule has 5 nitrogen and oxygen atoms in total. The van der Waals surface area contributed by atoms with Gasteiger partial charge in [0.15, 0.2) is 0 Å². The molecule has 1 atom stereocenters. The number of carbonyl (C=O) groups is 1. The lowest BCUT2D eigenvalue weighted by atomic mass is 10.1. The van der Waals surface area contributed by atoms with Gasteiger partial charge in [0, 0.05) is 24.1 Å². The van der Waals surface area contributed by atoms with Crippen molar-refractivity contribution in [1.82, 2.24) is 10.3 Å². The van der Waals surface area contributed by atoms with Crippen molar-refractivity contribution in [3.63, 3.8) is 0 Å². The number of nitrogens with one attached hydrogen (secondary N) is 3. The molecule has 0 spiro atoms. The number of anilines is 1. The highest BCUT2D eigenvalue weighted by Crippen LogP contribution is 2.19. The van der Waals surface area contributed by atoms with Gasteiger partial charge in [-0.15, -0.1) is 0 Å². The maximum absolute atomic E-state index is 11.6. The third kappa shape index (κ3) is 3.62. The van der Waals surface area contributed by atoms with Crippen LogP contribution in [0.1, 0.15) is 6.92 Å². The zero-order valence-corrected chi connectivity index (χ0v) is 11.2. The smallest absolute Gasteiger partial charge is 0.319 e. The van der Waals surface area contributed by atoms with Crippen LogP contribution in [-0.4, -0.2) is 17.6 Å². The SMILES string of the molecule is CC(C#N)CNC(=O)Nc1ccc(-c2ccc[nH]2)cc1. The first kappa shape index (κ1) is 13.7. The highest BCUT2D eigenvalue weighted by Gasteiger charge is 2.05. The van der Waals surface area contributed by atoms with E-state index >= 15 is 0 Å². The normalized spacial score (nSPS) is 11.4. The second-order valence-electron chi connectivity index (χ2n) is 4.53. The summed E-state index contributed by atoms with van der Waals surface area (Å²) in [5.41, 5.74) is 2.80. The number of aromatic amines is 1. The molecule has 1 aromatic heterocycles. The van der Waals surface area contributed by atoms with Crippen LogP contribution in [0.3, 0.4) is 0 Å². The largest absolute Gasteiger partial charge is 0.361 e. The summed E-state index contributed by atoms with van der Waals surface area (Å²) in [6.45, 7) is 2.09. The fourth-order valence-electron chi connectivity index (χ4n) is 1.71. The van der Waals surface area contributed by atoms with Crippen molar-refractivity contribution in [2.24, 2.45) is 5.92 Å². The van der Waals surface area contributed by atoms with Crippen molar-refractivity contribution in [3.05, 3.63) is 42.6 Å². The van der Waals surface area contributed by atoms with E-state index in [4.69, 9.17) is 5.26 Å². The van der Waals surface area contributed by atoms with Gasteiger partial charge in [0.2, 0.25) is 0 Å². The molecule has 2 aromatic rings. The van der Waals surface area contributed by atoms with Crippen molar-refractivity contribution in [1.29, 1.82) is 5.26 Å². The molecule has 0 bridgehead atoms. The first-order chi connectivity index (χ1) is 9.69. The Morgan fingerprint density at radius 1 is 1.35 bits per heavy atom. The molecule has 1 unspecified atom stereocenters. The molecule has 1 aromatic carbocycles. The summed E-state index contributed by atoms with van der Waals surface area (Å²) in [6.07, 6.45) is 1.87. The van der Waals surface area contributed by atoms with Gasteiger partial charge < -0.3 is 15.6 Å². The zero-order chi connectivity index (χ0) is 14.4. The number of hydrogen-bond acceptors (Lipinski definition) is 2. The lowest BCUT2D eigenvalue weighted by Gasteiger charge is -2.08. The Kier molecular flexibility index (Phi) is 4.40. The average molecular weight is 268 g/mol. The molecule has 20 heavy (non-hydrogen) atoms. The summed E-state index contributed by atoms with van der Waals surface area (Å²) in [7, 11) is 0. The van der Waals surface area contributed by atoms with E-state index in [0.29, 0.717) is 12.2 Å². The monoisotopic (exact) mass is 268 g/mol. The van der Waals surface area contributed by atoms with Gasteiger partial charge in [0.25, 0.3) is 0 Å². The fourth-order valence-corrected chi connectivity index (χ4v) is 1.71. The Bertz CT molecular complexity index is 596. The molecule has 0 aliphatic rings. The van der Waals surface area contributed by atoms with E-state index in [1.54, 1.807) is 6.92 Å². The molecule has 2 amide bonds. The Morgan fingerprint density at radius 3 is 2.70 bits per heavy atom. The van der Waals surface area contributed by atoms with Gasteiger partial charge in [-0.3, -0.25) is 0 Å². The second kappa shape index (κ2) is 6.43. The maximum Gasteiger partial charge on any atom is 0.319 e. The zero-order valence-electron chi connectivity index (χ0n) is 11.2. The van der Waals surface area contributed by atoms with Crippen LogP contribution < -0.4 is 10.6 Å². The van der Waals surface area contributed by atoms with Crippen LogP contribution in [0.25, 0.3) is 11.3 Å². The number of carbonyl (C=O) groups excluding carboxylic acids is 1. The minimum Gasteiger partial charge on any atom is -0.361 e. The molecular weight excluding hydrogens is 252 g/mol. The summed E-state index contributed by atoms with van der Waals surface area (Å²) >= 11 is 0. The van der Waals surface area contributed by atoms with Gasteiger partial charge in [-0.25, -0.2) is 4.79 Å². The van der Waals surface area contributed by atoms with E-state index in [0.717, 1.165) is 11.3 Å². The van der Waals surface area contributed by atoms with Gasteiger partial charge in [-0.1, -0.05) is 12.1 Å². The predicted molar refractivity (Wildman–Crippen MR) is 78.0 cm³/mol. The van der Waals surface area contributed by atoms with Gasteiger partial charge in [0.1, 0.15) is 0 Å². The molecule has 5 heteroatoms. The summed E-state index contributed by atoms with van der Waals surface area (Å²) in [6, 6.07) is 13.2. The molecule has 102 valence electrons. The van der Waals surface area contributed by atoms with Crippen LogP contribution in [-0.2, 0) is 0 Å². The highest BCUT2D eigenvalue weighted by molar-refractivity contribution is 5.89. The topological polar surface area (TPSA) is 80.7 Å². The number of amides is 2. The minimum absolute atomic E-state index is 0.198. The van der Waals surface area contributed by atoms with E-state index in [-0.39, 0.29) is 11.9 Å². The number of rotatable bonds is 4. The quantitative estimate of drug-likeness (QED) is 0.796. The highest BCUT2D eigenvalue weighted by atomic mass is 16.2. The third-order valence-corrected chi connectivity index (χ3v) is 2.84. The predicted octanol–water partition coefficient (Wildman–Crippen LogP) is 2.96. The van der Waals surface area contributed by atoms with E-state index in [2.05, 4.69) is 21.7 Å². The van der Waals surface area contributed by atoms with Crippen molar-refractivity contribution in [2.75, 3.05) is 11.9 Å². The number of H-pyrrole nitrogens is 1. The van der Waals surface area contributed by atoms with Crippen LogP contribution >= 0.6 is 0 Å². The standard InChI is InChI=1S/C15H16N4O/c1-11(9-16)10-18-15(20)19-13-6-4-12(5-7-13)14-3-2-8-17-14/h2-8,11,17H,10H2,1H3,(H2,18,19,20). The van der Waals surface area contributed by atoms with Crippen LogP contribution in [0.2, 0.25) is 0 Å². The Balaban J connectivity index is 1.91. The van der Waals surface area contributed by atoms with E-state index in [1.165, 1.54) is 0 Å². The Labute approximate surface area is 117 Å². The molecule has 0 saturated heterocycles. The number of benzene rings is 1. The molecule has 0 fully saturated rings. The lowest BCUT2D eigenvalue weighted by Crippen LogP contribution is -2.31. The van der Waals surface area contributed by atoms with Crippen LogP contribution in [0.4, 0.5) is 10.5 Å². The molecule has 0 aliphatic heterocycles. The Hall–Kier alpha value is -2.74. The summed E-state index contributed by atoms with van der Waals surface area (Å²) < 4.78 is 0. The first-order valence-electron chi connectivity index (χ1n) is 6.37. The van der Waals surface area contributed by atoms with E-state index < -0.39 is 0 Å². The Morgan fingerprint density at radius 2 is 2.10 bits per heavy atom. The van der Waals surface area contributed by atoms with Gasteiger partial charge in [0.05, 0.1) is 12.0 Å². The molecular formula is C15H16N4O. The van der Waals surface area contributed by atoms with Crippen molar-refractivity contribution in [2.45, 2.75) is 6.92 Å². The molecule has 0 saturated carbocycles. The summed E-state index contributed by atoms with van der Waals surface area (Å²) in [5.74, 6) is -0.198.